The molecule has 0 saturated heterocycles. The second kappa shape index (κ2) is 8.67. The maximum Gasteiger partial charge on any atom is 0.229 e. The maximum absolute atomic E-state index is 9.91. The van der Waals surface area contributed by atoms with Gasteiger partial charge in [-0.05, 0) is 50.1 Å². The highest BCUT2D eigenvalue weighted by molar-refractivity contribution is 5.59. The Morgan fingerprint density at radius 1 is 1.16 bits per heavy atom. The molecule has 32 heavy (non-hydrogen) atoms. The van der Waals surface area contributed by atoms with Gasteiger partial charge in [0, 0.05) is 0 Å². The van der Waals surface area contributed by atoms with Crippen molar-refractivity contribution in [3.8, 4) is 29.1 Å². The van der Waals surface area contributed by atoms with Crippen molar-refractivity contribution in [2.24, 2.45) is 5.73 Å². The molecule has 1 aliphatic heterocycles. The third-order valence-corrected chi connectivity index (χ3v) is 5.49. The van der Waals surface area contributed by atoms with Crippen molar-refractivity contribution in [3.05, 3.63) is 76.3 Å². The number of rotatable bonds is 6. The molecule has 164 valence electrons. The van der Waals surface area contributed by atoms with E-state index in [-0.39, 0.29) is 5.88 Å². The molecule has 1 atom stereocenters. The number of hydrogen-bond acceptors (Lipinski definition) is 6. The molecule has 2 N–H and O–H groups in total. The highest BCUT2D eigenvalue weighted by atomic mass is 16.5. The van der Waals surface area contributed by atoms with E-state index >= 15 is 0 Å². The predicted octanol–water partition coefficient (Wildman–Crippen LogP) is 4.50. The Bertz CT molecular complexity index is 1220. The van der Waals surface area contributed by atoms with E-state index in [0.717, 1.165) is 34.5 Å². The summed E-state index contributed by atoms with van der Waals surface area (Å²) in [4.78, 5) is 0. The SMILES string of the molecule is CCCOc1ccc([C@H]2C(C#N)=C(N)Oc3c2c(C)nn3-c2ccc(C)cc2)cc1OC. The molecule has 0 saturated carbocycles. The Labute approximate surface area is 187 Å². The maximum atomic E-state index is 9.91. The number of benzene rings is 2. The van der Waals surface area contributed by atoms with Crippen molar-refractivity contribution in [1.82, 2.24) is 9.78 Å². The van der Waals surface area contributed by atoms with Crippen LogP contribution in [0.15, 0.2) is 53.9 Å². The number of nitriles is 1. The van der Waals surface area contributed by atoms with Crippen LogP contribution in [0.4, 0.5) is 0 Å². The van der Waals surface area contributed by atoms with E-state index in [1.807, 2.05) is 63.2 Å². The number of nitrogens with two attached hydrogens (primary N) is 1. The van der Waals surface area contributed by atoms with Crippen LogP contribution in [0.2, 0.25) is 0 Å². The van der Waals surface area contributed by atoms with Crippen LogP contribution in [-0.2, 0) is 0 Å². The van der Waals surface area contributed by atoms with Crippen LogP contribution in [-0.4, -0.2) is 23.5 Å². The van der Waals surface area contributed by atoms with E-state index in [2.05, 4.69) is 6.07 Å². The van der Waals surface area contributed by atoms with Gasteiger partial charge in [0.15, 0.2) is 11.5 Å². The van der Waals surface area contributed by atoms with Gasteiger partial charge in [-0.3, -0.25) is 0 Å². The summed E-state index contributed by atoms with van der Waals surface area (Å²) in [5.74, 6) is 1.41. The van der Waals surface area contributed by atoms with Crippen LogP contribution in [0.3, 0.4) is 0 Å². The third kappa shape index (κ3) is 3.65. The Kier molecular flexibility index (Phi) is 5.78. The molecule has 0 aliphatic carbocycles. The lowest BCUT2D eigenvalue weighted by molar-refractivity contribution is 0.294. The van der Waals surface area contributed by atoms with Crippen LogP contribution in [0.1, 0.15) is 41.6 Å². The first kappa shape index (κ1) is 21.3. The summed E-state index contributed by atoms with van der Waals surface area (Å²) in [6, 6.07) is 15.9. The zero-order valence-electron chi connectivity index (χ0n) is 18.7. The summed E-state index contributed by atoms with van der Waals surface area (Å²) in [6.45, 7) is 6.58. The standard InChI is InChI=1S/C25H26N4O3/c1-5-12-31-20-11-8-17(13-21(20)30-4)23-19(14-26)24(27)32-25-22(23)16(3)28-29(25)18-9-6-15(2)7-10-18/h6-11,13,23H,5,12,27H2,1-4H3/t23-/m0/s1. The summed E-state index contributed by atoms with van der Waals surface area (Å²) in [7, 11) is 1.60. The van der Waals surface area contributed by atoms with E-state index < -0.39 is 5.92 Å². The molecule has 7 nitrogen and oxygen atoms in total. The normalized spacial score (nSPS) is 15.0. The van der Waals surface area contributed by atoms with Gasteiger partial charge >= 0.3 is 0 Å². The summed E-state index contributed by atoms with van der Waals surface area (Å²) >= 11 is 0. The van der Waals surface area contributed by atoms with Gasteiger partial charge in [-0.2, -0.15) is 10.4 Å². The summed E-state index contributed by atoms with van der Waals surface area (Å²) in [6.07, 6.45) is 0.892. The number of fused-ring (bicyclic) bond motifs is 1. The number of ether oxygens (including phenoxy) is 3. The monoisotopic (exact) mass is 430 g/mol. The van der Waals surface area contributed by atoms with Gasteiger partial charge in [-0.25, -0.2) is 4.68 Å². The molecule has 1 aromatic heterocycles. The van der Waals surface area contributed by atoms with Crippen LogP contribution >= 0.6 is 0 Å². The van der Waals surface area contributed by atoms with Gasteiger partial charge < -0.3 is 19.9 Å². The largest absolute Gasteiger partial charge is 0.493 e. The van der Waals surface area contributed by atoms with Crippen LogP contribution in [0.25, 0.3) is 5.69 Å². The molecule has 2 heterocycles. The minimum absolute atomic E-state index is 0.0727. The number of aryl methyl sites for hydroxylation is 2. The number of methoxy groups -OCH3 is 1. The minimum atomic E-state index is -0.433. The third-order valence-electron chi connectivity index (χ3n) is 5.49. The second-order valence-electron chi connectivity index (χ2n) is 7.74. The first-order valence-electron chi connectivity index (χ1n) is 10.5. The van der Waals surface area contributed by atoms with Crippen molar-refractivity contribution >= 4 is 0 Å². The smallest absolute Gasteiger partial charge is 0.229 e. The molecule has 1 aliphatic rings. The van der Waals surface area contributed by atoms with Gasteiger partial charge in [0.2, 0.25) is 11.8 Å². The zero-order valence-corrected chi connectivity index (χ0v) is 18.7. The van der Waals surface area contributed by atoms with Crippen molar-refractivity contribution in [2.75, 3.05) is 13.7 Å². The summed E-state index contributed by atoms with van der Waals surface area (Å²) in [5.41, 5.74) is 11.0. The predicted molar refractivity (Wildman–Crippen MR) is 121 cm³/mol. The summed E-state index contributed by atoms with van der Waals surface area (Å²) in [5, 5.41) is 14.6. The van der Waals surface area contributed by atoms with E-state index in [4.69, 9.17) is 25.0 Å². The lowest BCUT2D eigenvalue weighted by atomic mass is 9.84. The van der Waals surface area contributed by atoms with Gasteiger partial charge in [0.1, 0.15) is 11.6 Å². The Morgan fingerprint density at radius 3 is 2.56 bits per heavy atom. The Balaban J connectivity index is 1.87. The molecule has 0 radical (unpaired) electrons. The van der Waals surface area contributed by atoms with E-state index in [1.165, 1.54) is 0 Å². The Hall–Kier alpha value is -3.92. The molecule has 0 spiro atoms. The molecule has 0 amide bonds. The van der Waals surface area contributed by atoms with E-state index in [1.54, 1.807) is 11.8 Å². The molecular weight excluding hydrogens is 404 g/mol. The van der Waals surface area contributed by atoms with E-state index in [0.29, 0.717) is 29.6 Å². The van der Waals surface area contributed by atoms with Crippen molar-refractivity contribution in [1.29, 1.82) is 5.26 Å². The first-order chi connectivity index (χ1) is 15.5. The van der Waals surface area contributed by atoms with Gasteiger partial charge in [-0.15, -0.1) is 0 Å². The van der Waals surface area contributed by atoms with E-state index in [9.17, 15) is 5.26 Å². The van der Waals surface area contributed by atoms with Crippen LogP contribution in [0.5, 0.6) is 17.4 Å². The molecular formula is C25H26N4O3. The quantitative estimate of drug-likeness (QED) is 0.618. The lowest BCUT2D eigenvalue weighted by Gasteiger charge is -2.25. The molecule has 0 bridgehead atoms. The Morgan fingerprint density at radius 2 is 1.91 bits per heavy atom. The number of nitrogens with zero attached hydrogens (tertiary/aromatic N) is 3. The fraction of sp³-hybridized carbons (Fsp3) is 0.280. The van der Waals surface area contributed by atoms with Crippen molar-refractivity contribution < 1.29 is 14.2 Å². The molecule has 3 aromatic rings. The minimum Gasteiger partial charge on any atom is -0.493 e. The average Bonchev–Trinajstić information content (AvgIpc) is 3.12. The van der Waals surface area contributed by atoms with Crippen molar-refractivity contribution in [2.45, 2.75) is 33.1 Å². The lowest BCUT2D eigenvalue weighted by Crippen LogP contribution is -2.22. The van der Waals surface area contributed by atoms with Crippen LogP contribution in [0, 0.1) is 25.2 Å². The molecule has 0 unspecified atom stereocenters. The topological polar surface area (TPSA) is 95.3 Å². The van der Waals surface area contributed by atoms with Crippen molar-refractivity contribution in [3.63, 3.8) is 0 Å². The molecule has 0 fully saturated rings. The molecule has 2 aromatic carbocycles. The number of allylic oxidation sites excluding steroid dienone is 1. The fourth-order valence-electron chi connectivity index (χ4n) is 3.90. The van der Waals surface area contributed by atoms with Gasteiger partial charge in [0.25, 0.3) is 0 Å². The number of aromatic nitrogens is 2. The molecule has 7 heteroatoms. The average molecular weight is 431 g/mol. The van der Waals surface area contributed by atoms with Gasteiger partial charge in [-0.1, -0.05) is 30.7 Å². The number of hydrogen-bond donors (Lipinski definition) is 1. The highest BCUT2D eigenvalue weighted by Gasteiger charge is 2.36. The highest BCUT2D eigenvalue weighted by Crippen LogP contribution is 2.46. The first-order valence-corrected chi connectivity index (χ1v) is 10.5. The zero-order chi connectivity index (χ0) is 22.8. The fourth-order valence-corrected chi connectivity index (χ4v) is 3.90. The summed E-state index contributed by atoms with van der Waals surface area (Å²) < 4.78 is 19.0. The second-order valence-corrected chi connectivity index (χ2v) is 7.74. The van der Waals surface area contributed by atoms with Gasteiger partial charge in [0.05, 0.1) is 36.6 Å². The van der Waals surface area contributed by atoms with Crippen LogP contribution < -0.4 is 19.9 Å². The molecule has 4 rings (SSSR count).